The first-order chi connectivity index (χ1) is 13.4. The van der Waals surface area contributed by atoms with Gasteiger partial charge in [0.2, 0.25) is 5.91 Å². The Bertz CT molecular complexity index is 839. The number of hydrogen-bond acceptors (Lipinski definition) is 5. The Kier molecular flexibility index (Phi) is 7.83. The number of carbonyl (C=O) groups excluding carboxylic acids is 3. The lowest BCUT2D eigenvalue weighted by Crippen LogP contribution is -2.37. The molecule has 2 amide bonds. The quantitative estimate of drug-likeness (QED) is 0.683. The summed E-state index contributed by atoms with van der Waals surface area (Å²) in [6, 6.07) is 13.2. The first-order valence-corrected chi connectivity index (χ1v) is 8.96. The monoisotopic (exact) mass is 404 g/mol. The van der Waals surface area contributed by atoms with Crippen molar-refractivity contribution in [1.82, 2.24) is 4.90 Å². The number of para-hydroxylation sites is 1. The van der Waals surface area contributed by atoms with E-state index < -0.39 is 24.4 Å². The van der Waals surface area contributed by atoms with E-state index in [9.17, 15) is 14.4 Å². The molecule has 148 valence electrons. The second-order valence-electron chi connectivity index (χ2n) is 5.81. The van der Waals surface area contributed by atoms with Crippen LogP contribution in [-0.4, -0.2) is 49.5 Å². The lowest BCUT2D eigenvalue weighted by atomic mass is 10.2. The molecule has 2 aromatic rings. The van der Waals surface area contributed by atoms with Gasteiger partial charge in [-0.25, -0.2) is 4.79 Å². The molecule has 7 nitrogen and oxygen atoms in total. The largest absolute Gasteiger partial charge is 0.494 e. The topological polar surface area (TPSA) is 84.9 Å². The average Bonchev–Trinajstić information content (AvgIpc) is 2.68. The second kappa shape index (κ2) is 10.3. The zero-order valence-electron chi connectivity index (χ0n) is 15.6. The van der Waals surface area contributed by atoms with Gasteiger partial charge < -0.3 is 19.7 Å². The second-order valence-corrected chi connectivity index (χ2v) is 6.22. The number of esters is 1. The van der Waals surface area contributed by atoms with E-state index in [4.69, 9.17) is 21.1 Å². The van der Waals surface area contributed by atoms with Gasteiger partial charge in [0.15, 0.2) is 6.61 Å². The molecule has 0 saturated heterocycles. The molecule has 0 spiro atoms. The van der Waals surface area contributed by atoms with E-state index in [1.807, 2.05) is 6.92 Å². The SMILES string of the molecule is CCOc1ccc(C(=O)OCC(=O)N(C)CC(=O)Nc2ccccc2Cl)cc1. The molecule has 0 aliphatic carbocycles. The summed E-state index contributed by atoms with van der Waals surface area (Å²) in [6.45, 7) is 1.71. The van der Waals surface area contributed by atoms with E-state index >= 15 is 0 Å². The maximum absolute atomic E-state index is 12.1. The molecule has 0 aliphatic rings. The third-order valence-electron chi connectivity index (χ3n) is 3.68. The van der Waals surface area contributed by atoms with Crippen molar-refractivity contribution in [2.75, 3.05) is 32.1 Å². The first-order valence-electron chi connectivity index (χ1n) is 8.59. The number of nitrogens with zero attached hydrogens (tertiary/aromatic N) is 1. The van der Waals surface area contributed by atoms with Crippen LogP contribution in [0.2, 0.25) is 5.02 Å². The summed E-state index contributed by atoms with van der Waals surface area (Å²) in [5.41, 5.74) is 0.757. The number of anilines is 1. The number of rotatable bonds is 8. The summed E-state index contributed by atoms with van der Waals surface area (Å²) >= 11 is 5.98. The van der Waals surface area contributed by atoms with E-state index in [0.717, 1.165) is 4.90 Å². The Morgan fingerprint density at radius 2 is 1.75 bits per heavy atom. The predicted molar refractivity (Wildman–Crippen MR) is 106 cm³/mol. The number of nitrogens with one attached hydrogen (secondary N) is 1. The molecule has 0 saturated carbocycles. The third kappa shape index (κ3) is 6.28. The van der Waals surface area contributed by atoms with Crippen LogP contribution < -0.4 is 10.1 Å². The van der Waals surface area contributed by atoms with Crippen molar-refractivity contribution in [3.05, 3.63) is 59.1 Å². The van der Waals surface area contributed by atoms with Gasteiger partial charge in [-0.15, -0.1) is 0 Å². The van der Waals surface area contributed by atoms with Gasteiger partial charge in [0.05, 0.1) is 29.4 Å². The minimum atomic E-state index is -0.634. The van der Waals surface area contributed by atoms with Crippen LogP contribution in [-0.2, 0) is 14.3 Å². The zero-order chi connectivity index (χ0) is 20.5. The summed E-state index contributed by atoms with van der Waals surface area (Å²) in [4.78, 5) is 37.3. The standard InChI is InChI=1S/C20H21ClN2O5/c1-3-27-15-10-8-14(9-11-15)20(26)28-13-19(25)23(2)12-18(24)22-17-7-5-4-6-16(17)21/h4-11H,3,12-13H2,1-2H3,(H,22,24). The number of benzene rings is 2. The lowest BCUT2D eigenvalue weighted by Gasteiger charge is -2.17. The number of likely N-dealkylation sites (N-methyl/N-ethyl adjacent to an activating group) is 1. The van der Waals surface area contributed by atoms with Gasteiger partial charge in [-0.3, -0.25) is 9.59 Å². The Labute approximate surface area is 168 Å². The minimum absolute atomic E-state index is 0.204. The van der Waals surface area contributed by atoms with Crippen molar-refractivity contribution >= 4 is 35.1 Å². The van der Waals surface area contributed by atoms with Crippen molar-refractivity contribution in [1.29, 1.82) is 0 Å². The average molecular weight is 405 g/mol. The molecule has 0 aromatic heterocycles. The van der Waals surface area contributed by atoms with Gasteiger partial charge in [-0.2, -0.15) is 0 Å². The van der Waals surface area contributed by atoms with Gasteiger partial charge >= 0.3 is 5.97 Å². The fraction of sp³-hybridized carbons (Fsp3) is 0.250. The molecule has 0 aliphatic heterocycles. The Morgan fingerprint density at radius 3 is 2.39 bits per heavy atom. The van der Waals surface area contributed by atoms with Gasteiger partial charge in [-0.05, 0) is 43.3 Å². The van der Waals surface area contributed by atoms with E-state index in [0.29, 0.717) is 28.6 Å². The van der Waals surface area contributed by atoms with Crippen LogP contribution in [0.4, 0.5) is 5.69 Å². The van der Waals surface area contributed by atoms with E-state index in [2.05, 4.69) is 5.32 Å². The van der Waals surface area contributed by atoms with Crippen molar-refractivity contribution in [3.63, 3.8) is 0 Å². The normalized spacial score (nSPS) is 10.1. The summed E-state index contributed by atoms with van der Waals surface area (Å²) in [5, 5.41) is 3.02. The van der Waals surface area contributed by atoms with Crippen LogP contribution in [0.3, 0.4) is 0 Å². The highest BCUT2D eigenvalue weighted by atomic mass is 35.5. The number of hydrogen-bond donors (Lipinski definition) is 1. The number of amides is 2. The van der Waals surface area contributed by atoms with Crippen molar-refractivity contribution in [2.24, 2.45) is 0 Å². The van der Waals surface area contributed by atoms with Crippen LogP contribution in [0.1, 0.15) is 17.3 Å². The van der Waals surface area contributed by atoms with Crippen LogP contribution in [0, 0.1) is 0 Å². The molecule has 0 heterocycles. The van der Waals surface area contributed by atoms with Crippen LogP contribution in [0.15, 0.2) is 48.5 Å². The van der Waals surface area contributed by atoms with E-state index in [1.165, 1.54) is 7.05 Å². The molecule has 0 unspecified atom stereocenters. The van der Waals surface area contributed by atoms with Crippen molar-refractivity contribution in [2.45, 2.75) is 6.92 Å². The summed E-state index contributed by atoms with van der Waals surface area (Å²) in [6.07, 6.45) is 0. The van der Waals surface area contributed by atoms with E-state index in [-0.39, 0.29) is 6.54 Å². The minimum Gasteiger partial charge on any atom is -0.494 e. The fourth-order valence-corrected chi connectivity index (χ4v) is 2.41. The summed E-state index contributed by atoms with van der Waals surface area (Å²) in [5.74, 6) is -0.917. The molecule has 8 heteroatoms. The molecule has 0 fully saturated rings. The number of ether oxygens (including phenoxy) is 2. The van der Waals surface area contributed by atoms with Gasteiger partial charge in [0, 0.05) is 7.05 Å². The molecule has 2 rings (SSSR count). The predicted octanol–water partition coefficient (Wildman–Crippen LogP) is 2.99. The first kappa shape index (κ1) is 21.2. The zero-order valence-corrected chi connectivity index (χ0v) is 16.4. The highest BCUT2D eigenvalue weighted by Gasteiger charge is 2.16. The van der Waals surface area contributed by atoms with Crippen molar-refractivity contribution in [3.8, 4) is 5.75 Å². The maximum Gasteiger partial charge on any atom is 0.338 e. The Hall–Kier alpha value is -3.06. The molecule has 1 N–H and O–H groups in total. The van der Waals surface area contributed by atoms with Gasteiger partial charge in [-0.1, -0.05) is 23.7 Å². The molecular formula is C20H21ClN2O5. The molecule has 28 heavy (non-hydrogen) atoms. The maximum atomic E-state index is 12.1. The fourth-order valence-electron chi connectivity index (χ4n) is 2.23. The van der Waals surface area contributed by atoms with Crippen LogP contribution in [0.25, 0.3) is 0 Å². The molecular weight excluding hydrogens is 384 g/mol. The van der Waals surface area contributed by atoms with Crippen LogP contribution in [0.5, 0.6) is 5.75 Å². The third-order valence-corrected chi connectivity index (χ3v) is 4.01. The van der Waals surface area contributed by atoms with Gasteiger partial charge in [0.25, 0.3) is 5.91 Å². The van der Waals surface area contributed by atoms with Gasteiger partial charge in [0.1, 0.15) is 5.75 Å². The molecule has 0 atom stereocenters. The Balaban J connectivity index is 1.80. The number of carbonyl (C=O) groups is 3. The molecule has 2 aromatic carbocycles. The van der Waals surface area contributed by atoms with E-state index in [1.54, 1.807) is 48.5 Å². The van der Waals surface area contributed by atoms with Crippen LogP contribution >= 0.6 is 11.6 Å². The lowest BCUT2D eigenvalue weighted by molar-refractivity contribution is -0.136. The molecule has 0 bridgehead atoms. The Morgan fingerprint density at radius 1 is 1.07 bits per heavy atom. The van der Waals surface area contributed by atoms with Crippen molar-refractivity contribution < 1.29 is 23.9 Å². The molecule has 0 radical (unpaired) electrons. The number of halogens is 1. The summed E-state index contributed by atoms with van der Waals surface area (Å²) in [7, 11) is 1.44. The highest BCUT2D eigenvalue weighted by molar-refractivity contribution is 6.33. The smallest absolute Gasteiger partial charge is 0.338 e. The summed E-state index contributed by atoms with van der Waals surface area (Å²) < 4.78 is 10.3. The highest BCUT2D eigenvalue weighted by Crippen LogP contribution is 2.20.